The van der Waals surface area contributed by atoms with Crippen molar-refractivity contribution in [3.05, 3.63) is 18.2 Å². The number of anilines is 2. The predicted molar refractivity (Wildman–Crippen MR) is 76.6 cm³/mol. The Bertz CT molecular complexity index is 786. The van der Waals surface area contributed by atoms with Crippen LogP contribution in [-0.4, -0.2) is 29.6 Å². The lowest BCUT2D eigenvalue weighted by Crippen LogP contribution is -2.15. The Morgan fingerprint density at radius 1 is 1.48 bits per heavy atom. The van der Waals surface area contributed by atoms with E-state index < -0.39 is 16.0 Å². The molecule has 0 aliphatic rings. The average Bonchev–Trinajstić information content (AvgIpc) is 2.75. The molecule has 0 atom stereocenters. The number of nitrogens with one attached hydrogen (secondary N) is 2. The Morgan fingerprint density at radius 3 is 2.76 bits per heavy atom. The van der Waals surface area contributed by atoms with Crippen molar-refractivity contribution in [3.8, 4) is 5.75 Å². The first-order valence-corrected chi connectivity index (χ1v) is 7.43. The van der Waals surface area contributed by atoms with Crippen LogP contribution in [0.4, 0.5) is 11.9 Å². The van der Waals surface area contributed by atoms with Crippen LogP contribution in [0.15, 0.2) is 28.0 Å². The highest BCUT2D eigenvalue weighted by molar-refractivity contribution is 7.93. The number of nitrogens with zero attached hydrogens (tertiary/aromatic N) is 2. The summed E-state index contributed by atoms with van der Waals surface area (Å²) in [6, 6.07) is 3.98. The lowest BCUT2D eigenvalue weighted by atomic mass is 10.3. The number of nitrogen functional groups attached to an aromatic ring is 1. The minimum atomic E-state index is -4.01. The maximum Gasteiger partial charge on any atom is 0.308 e. The summed E-state index contributed by atoms with van der Waals surface area (Å²) >= 11 is 4.07. The number of hydrogen-bond donors (Lipinski definition) is 4. The fourth-order valence-electron chi connectivity index (χ4n) is 1.43. The molecule has 4 N–H and O–H groups in total. The maximum absolute atomic E-state index is 12.2. The van der Waals surface area contributed by atoms with Gasteiger partial charge in [0.15, 0.2) is 0 Å². The molecule has 0 saturated carbocycles. The third-order valence-corrected chi connectivity index (χ3v) is 4.12. The van der Waals surface area contributed by atoms with Gasteiger partial charge < -0.3 is 10.5 Å². The molecule has 0 saturated heterocycles. The number of nitrogens with two attached hydrogens (primary N) is 1. The number of hydrogen-bond acceptors (Lipinski definition) is 8. The first-order chi connectivity index (χ1) is 9.78. The summed E-state index contributed by atoms with van der Waals surface area (Å²) in [6.07, 6.45) is 0. The molecule has 0 bridgehead atoms. The molecule has 0 aliphatic heterocycles. The van der Waals surface area contributed by atoms with Crippen LogP contribution in [0, 0.1) is 0 Å². The number of H-pyrrole nitrogens is 1. The van der Waals surface area contributed by atoms with E-state index in [4.69, 9.17) is 10.5 Å². The van der Waals surface area contributed by atoms with Crippen molar-refractivity contribution >= 4 is 40.5 Å². The Labute approximate surface area is 125 Å². The number of benzene rings is 1. The molecule has 112 valence electrons. The quantitative estimate of drug-likeness (QED) is 0.361. The molecule has 21 heavy (non-hydrogen) atoms. The lowest BCUT2D eigenvalue weighted by molar-refractivity contribution is -0.131. The first-order valence-electron chi connectivity index (χ1n) is 5.50. The smallest absolute Gasteiger partial charge is 0.308 e. The third kappa shape index (κ3) is 3.64. The van der Waals surface area contributed by atoms with Crippen molar-refractivity contribution in [3.63, 3.8) is 0 Å². The van der Waals surface area contributed by atoms with Crippen molar-refractivity contribution in [2.45, 2.75) is 16.7 Å². The largest absolute Gasteiger partial charge is 0.427 e. The van der Waals surface area contributed by atoms with Crippen molar-refractivity contribution < 1.29 is 17.9 Å². The number of carbonyl (C=O) groups is 1. The fraction of sp³-hybridized carbons (Fsp3) is 0.100. The maximum atomic E-state index is 12.2. The number of aromatic amines is 1. The molecule has 0 amide bonds. The number of sulfonamides is 1. The van der Waals surface area contributed by atoms with Crippen molar-refractivity contribution in [1.29, 1.82) is 0 Å². The van der Waals surface area contributed by atoms with E-state index >= 15 is 0 Å². The number of carbonyl (C=O) groups excluding carboxylic acids is 1. The van der Waals surface area contributed by atoms with Crippen LogP contribution < -0.4 is 15.2 Å². The van der Waals surface area contributed by atoms with Gasteiger partial charge in [0.2, 0.25) is 5.95 Å². The van der Waals surface area contributed by atoms with Gasteiger partial charge in [0.25, 0.3) is 16.0 Å². The van der Waals surface area contributed by atoms with Crippen LogP contribution in [-0.2, 0) is 14.8 Å². The van der Waals surface area contributed by atoms with Gasteiger partial charge in [-0.3, -0.25) is 4.79 Å². The zero-order valence-corrected chi connectivity index (χ0v) is 12.4. The second kappa shape index (κ2) is 5.61. The first kappa shape index (κ1) is 15.1. The van der Waals surface area contributed by atoms with Gasteiger partial charge in [0.05, 0.1) is 0 Å². The van der Waals surface area contributed by atoms with E-state index in [1.165, 1.54) is 25.1 Å². The molecular weight excluding hydrogens is 318 g/mol. The van der Waals surface area contributed by atoms with Crippen molar-refractivity contribution in [2.75, 3.05) is 10.5 Å². The molecule has 2 rings (SSSR count). The summed E-state index contributed by atoms with van der Waals surface area (Å²) in [5, 5.41) is 5.86. The lowest BCUT2D eigenvalue weighted by Gasteiger charge is -2.09. The molecule has 1 heterocycles. The number of ether oxygens (including phenoxy) is 1. The molecule has 0 aliphatic carbocycles. The molecule has 11 heteroatoms. The van der Waals surface area contributed by atoms with Gasteiger partial charge in [-0.25, -0.2) is 18.2 Å². The molecule has 9 nitrogen and oxygen atoms in total. The van der Waals surface area contributed by atoms with E-state index in [1.54, 1.807) is 0 Å². The van der Waals surface area contributed by atoms with Crippen LogP contribution in [0.5, 0.6) is 5.75 Å². The average molecular weight is 329 g/mol. The second-order valence-electron chi connectivity index (χ2n) is 3.87. The SMILES string of the molecule is CC(=O)Oc1ccc(S)c(S(=O)(=O)Nc2n[nH]c(N)n2)c1. The van der Waals surface area contributed by atoms with Gasteiger partial charge in [-0.05, 0) is 12.1 Å². The minimum Gasteiger partial charge on any atom is -0.427 e. The highest BCUT2D eigenvalue weighted by Crippen LogP contribution is 2.26. The molecule has 0 fully saturated rings. The molecule has 1 aromatic heterocycles. The van der Waals surface area contributed by atoms with Gasteiger partial charge in [0.1, 0.15) is 10.6 Å². The normalized spacial score (nSPS) is 11.1. The van der Waals surface area contributed by atoms with Gasteiger partial charge in [-0.1, -0.05) is 0 Å². The van der Waals surface area contributed by atoms with E-state index in [2.05, 4.69) is 32.5 Å². The summed E-state index contributed by atoms with van der Waals surface area (Å²) in [5.41, 5.74) is 5.31. The van der Waals surface area contributed by atoms with E-state index in [0.717, 1.165) is 0 Å². The van der Waals surface area contributed by atoms with Gasteiger partial charge in [0, 0.05) is 17.9 Å². The summed E-state index contributed by atoms with van der Waals surface area (Å²) in [6.45, 7) is 1.21. The van der Waals surface area contributed by atoms with E-state index in [1.807, 2.05) is 0 Å². The standard InChI is InChI=1S/C10H11N5O4S2/c1-5(16)19-6-2-3-7(20)8(4-6)21(17,18)15-10-12-9(11)13-14-10/h2-4,20H,1H3,(H4,11,12,13,14,15). The number of aromatic nitrogens is 3. The van der Waals surface area contributed by atoms with Crippen LogP contribution in [0.3, 0.4) is 0 Å². The minimum absolute atomic E-state index is 0.0348. The Morgan fingerprint density at radius 2 is 2.19 bits per heavy atom. The van der Waals surface area contributed by atoms with Gasteiger partial charge in [-0.2, -0.15) is 4.98 Å². The fourth-order valence-corrected chi connectivity index (χ4v) is 2.99. The van der Waals surface area contributed by atoms with Crippen LogP contribution in [0.2, 0.25) is 0 Å². The molecule has 0 unspecified atom stereocenters. The number of esters is 1. The van der Waals surface area contributed by atoms with Gasteiger partial charge >= 0.3 is 5.97 Å². The van der Waals surface area contributed by atoms with Crippen molar-refractivity contribution in [2.24, 2.45) is 0 Å². The highest BCUT2D eigenvalue weighted by atomic mass is 32.2. The molecule has 0 radical (unpaired) electrons. The molecule has 0 spiro atoms. The van der Waals surface area contributed by atoms with E-state index in [9.17, 15) is 13.2 Å². The molecule has 1 aromatic carbocycles. The predicted octanol–water partition coefficient (Wildman–Crippen LogP) is 0.402. The van der Waals surface area contributed by atoms with Crippen LogP contribution >= 0.6 is 12.6 Å². The third-order valence-electron chi connectivity index (χ3n) is 2.21. The summed E-state index contributed by atoms with van der Waals surface area (Å²) < 4.78 is 31.4. The number of thiol groups is 1. The monoisotopic (exact) mass is 329 g/mol. The van der Waals surface area contributed by atoms with Crippen LogP contribution in [0.1, 0.15) is 6.92 Å². The second-order valence-corrected chi connectivity index (χ2v) is 6.01. The summed E-state index contributed by atoms with van der Waals surface area (Å²) in [4.78, 5) is 14.5. The molecular formula is C10H11N5O4S2. The Hall–Kier alpha value is -2.27. The topological polar surface area (TPSA) is 140 Å². The number of rotatable bonds is 4. The van der Waals surface area contributed by atoms with E-state index in [0.29, 0.717) is 0 Å². The highest BCUT2D eigenvalue weighted by Gasteiger charge is 2.20. The Balaban J connectivity index is 2.36. The van der Waals surface area contributed by atoms with Crippen LogP contribution in [0.25, 0.3) is 0 Å². The van der Waals surface area contributed by atoms with Gasteiger partial charge in [-0.15, -0.1) is 17.7 Å². The zero-order valence-electron chi connectivity index (χ0n) is 10.7. The van der Waals surface area contributed by atoms with E-state index in [-0.39, 0.29) is 27.4 Å². The Kier molecular flexibility index (Phi) is 4.04. The summed E-state index contributed by atoms with van der Waals surface area (Å²) in [5.74, 6) is -0.735. The molecule has 2 aromatic rings. The zero-order chi connectivity index (χ0) is 15.6. The van der Waals surface area contributed by atoms with Crippen molar-refractivity contribution in [1.82, 2.24) is 15.2 Å². The summed E-state index contributed by atoms with van der Waals surface area (Å²) in [7, 11) is -4.01.